The first kappa shape index (κ1) is 12.3. The van der Waals surface area contributed by atoms with Gasteiger partial charge in [-0.1, -0.05) is 0 Å². The minimum absolute atomic E-state index is 0.0791. The molecule has 0 aliphatic carbocycles. The minimum atomic E-state index is -0.213. The largest absolute Gasteiger partial charge is 0.396 e. The highest BCUT2D eigenvalue weighted by Gasteiger charge is 2.32. The van der Waals surface area contributed by atoms with E-state index in [2.05, 4.69) is 9.97 Å². The van der Waals surface area contributed by atoms with E-state index in [1.165, 1.54) is 17.7 Å². The summed E-state index contributed by atoms with van der Waals surface area (Å²) in [7, 11) is 0. The molecule has 2 aromatic rings. The molecule has 0 radical (unpaired) electrons. The molecule has 7 heteroatoms. The second-order valence-electron chi connectivity index (χ2n) is 4.73. The monoisotopic (exact) mass is 279 g/mol. The van der Waals surface area contributed by atoms with Crippen LogP contribution in [0.1, 0.15) is 15.2 Å². The molecule has 100 valence electrons. The van der Waals surface area contributed by atoms with Gasteiger partial charge in [0.2, 0.25) is 0 Å². The summed E-state index contributed by atoms with van der Waals surface area (Å²) in [4.78, 5) is 33.5. The molecule has 0 bridgehead atoms. The van der Waals surface area contributed by atoms with Crippen LogP contribution in [0.15, 0.2) is 11.1 Å². The van der Waals surface area contributed by atoms with E-state index in [-0.39, 0.29) is 24.0 Å². The quantitative estimate of drug-likeness (QED) is 0.831. The molecular formula is C12H13N3O3S. The van der Waals surface area contributed by atoms with Crippen LogP contribution in [0.2, 0.25) is 0 Å². The lowest BCUT2D eigenvalue weighted by molar-refractivity contribution is 0.0366. The lowest BCUT2D eigenvalue weighted by Crippen LogP contribution is -2.51. The highest BCUT2D eigenvalue weighted by molar-refractivity contribution is 7.20. The van der Waals surface area contributed by atoms with Gasteiger partial charge in [-0.3, -0.25) is 9.59 Å². The fraction of sp³-hybridized carbons (Fsp3) is 0.417. The fourth-order valence-electron chi connectivity index (χ4n) is 2.28. The summed E-state index contributed by atoms with van der Waals surface area (Å²) in [6, 6.07) is 0. The average Bonchev–Trinajstić information content (AvgIpc) is 2.66. The number of hydrogen-bond donors (Lipinski definition) is 2. The van der Waals surface area contributed by atoms with Crippen molar-refractivity contribution in [1.29, 1.82) is 0 Å². The van der Waals surface area contributed by atoms with Crippen LogP contribution in [-0.4, -0.2) is 45.6 Å². The van der Waals surface area contributed by atoms with E-state index < -0.39 is 0 Å². The number of thiophene rings is 1. The zero-order valence-electron chi connectivity index (χ0n) is 10.3. The molecule has 0 atom stereocenters. The number of fused-ring (bicyclic) bond motifs is 1. The van der Waals surface area contributed by atoms with Gasteiger partial charge in [0.25, 0.3) is 11.5 Å². The predicted molar refractivity (Wildman–Crippen MR) is 71.5 cm³/mol. The van der Waals surface area contributed by atoms with Crippen molar-refractivity contribution in [3.63, 3.8) is 0 Å². The third-order valence-electron chi connectivity index (χ3n) is 3.43. The molecule has 1 amide bonds. The number of nitrogens with one attached hydrogen (secondary N) is 1. The van der Waals surface area contributed by atoms with Crippen LogP contribution in [0.3, 0.4) is 0 Å². The zero-order chi connectivity index (χ0) is 13.6. The molecule has 3 rings (SSSR count). The number of aromatic amines is 1. The Hall–Kier alpha value is -1.73. The van der Waals surface area contributed by atoms with Crippen molar-refractivity contribution in [2.75, 3.05) is 19.7 Å². The Kier molecular flexibility index (Phi) is 2.87. The van der Waals surface area contributed by atoms with Crippen molar-refractivity contribution < 1.29 is 9.90 Å². The number of aryl methyl sites for hydroxylation is 1. The average molecular weight is 279 g/mol. The van der Waals surface area contributed by atoms with Crippen LogP contribution in [-0.2, 0) is 0 Å². The van der Waals surface area contributed by atoms with Crippen molar-refractivity contribution in [1.82, 2.24) is 14.9 Å². The number of H-pyrrole nitrogens is 1. The highest BCUT2D eigenvalue weighted by atomic mass is 32.1. The first-order valence-electron chi connectivity index (χ1n) is 5.98. The zero-order valence-corrected chi connectivity index (χ0v) is 11.2. The maximum Gasteiger partial charge on any atom is 0.264 e. The third-order valence-corrected chi connectivity index (χ3v) is 4.62. The van der Waals surface area contributed by atoms with Gasteiger partial charge in [0.15, 0.2) is 0 Å². The van der Waals surface area contributed by atoms with E-state index in [1.54, 1.807) is 11.8 Å². The Morgan fingerprint density at radius 3 is 3.00 bits per heavy atom. The van der Waals surface area contributed by atoms with Gasteiger partial charge in [-0.25, -0.2) is 4.98 Å². The van der Waals surface area contributed by atoms with Crippen LogP contribution in [0.5, 0.6) is 0 Å². The first-order chi connectivity index (χ1) is 9.11. The van der Waals surface area contributed by atoms with Gasteiger partial charge in [0.1, 0.15) is 4.83 Å². The summed E-state index contributed by atoms with van der Waals surface area (Å²) in [6.07, 6.45) is 1.35. The predicted octanol–water partition coefficient (Wildman–Crippen LogP) is 0.357. The molecule has 0 saturated carbocycles. The van der Waals surface area contributed by atoms with Gasteiger partial charge in [-0.2, -0.15) is 0 Å². The molecule has 0 unspecified atom stereocenters. The molecule has 3 heterocycles. The second-order valence-corrected chi connectivity index (χ2v) is 5.73. The lowest BCUT2D eigenvalue weighted by atomic mass is 10.0. The standard InChI is InChI=1S/C12H13N3O3S/c1-6-8-10(17)13-5-14-11(8)19-9(6)12(18)15-2-7(3-15)4-16/h5,7,16H,2-4H2,1H3,(H,13,14,17). The molecule has 2 aromatic heterocycles. The summed E-state index contributed by atoms with van der Waals surface area (Å²) in [6.45, 7) is 3.03. The van der Waals surface area contributed by atoms with Gasteiger partial charge in [0, 0.05) is 25.6 Å². The first-order valence-corrected chi connectivity index (χ1v) is 6.80. The van der Waals surface area contributed by atoms with E-state index in [0.29, 0.717) is 33.7 Å². The number of carbonyl (C=O) groups is 1. The fourth-order valence-corrected chi connectivity index (χ4v) is 3.40. The van der Waals surface area contributed by atoms with Crippen molar-refractivity contribution in [3.8, 4) is 0 Å². The van der Waals surface area contributed by atoms with Gasteiger partial charge in [-0.05, 0) is 12.5 Å². The smallest absolute Gasteiger partial charge is 0.264 e. The van der Waals surface area contributed by atoms with Gasteiger partial charge < -0.3 is 15.0 Å². The van der Waals surface area contributed by atoms with Crippen molar-refractivity contribution in [2.24, 2.45) is 5.92 Å². The number of rotatable bonds is 2. The van der Waals surface area contributed by atoms with Crippen LogP contribution in [0, 0.1) is 12.8 Å². The minimum Gasteiger partial charge on any atom is -0.396 e. The number of aliphatic hydroxyl groups excluding tert-OH is 1. The van der Waals surface area contributed by atoms with E-state index in [0.717, 1.165) is 0 Å². The molecule has 19 heavy (non-hydrogen) atoms. The number of hydrogen-bond acceptors (Lipinski definition) is 5. The summed E-state index contributed by atoms with van der Waals surface area (Å²) in [5.41, 5.74) is 0.474. The van der Waals surface area contributed by atoms with Gasteiger partial charge in [0.05, 0.1) is 16.6 Å². The van der Waals surface area contributed by atoms with Crippen LogP contribution < -0.4 is 5.56 Å². The molecular weight excluding hydrogens is 266 g/mol. The van der Waals surface area contributed by atoms with E-state index in [4.69, 9.17) is 5.11 Å². The maximum absolute atomic E-state index is 12.3. The topological polar surface area (TPSA) is 86.3 Å². The van der Waals surface area contributed by atoms with Crippen LogP contribution in [0.25, 0.3) is 10.2 Å². The second kappa shape index (κ2) is 4.43. The number of aliphatic hydroxyl groups is 1. The summed E-state index contributed by atoms with van der Waals surface area (Å²) < 4.78 is 0. The highest BCUT2D eigenvalue weighted by Crippen LogP contribution is 2.29. The number of nitrogens with zero attached hydrogens (tertiary/aromatic N) is 2. The van der Waals surface area contributed by atoms with Crippen molar-refractivity contribution in [3.05, 3.63) is 27.1 Å². The summed E-state index contributed by atoms with van der Waals surface area (Å²) in [5, 5.41) is 9.47. The lowest BCUT2D eigenvalue weighted by Gasteiger charge is -2.38. The van der Waals surface area contributed by atoms with Gasteiger partial charge >= 0.3 is 0 Å². The molecule has 1 saturated heterocycles. The number of amides is 1. The molecule has 1 fully saturated rings. The SMILES string of the molecule is Cc1c(C(=O)N2CC(CO)C2)sc2nc[nH]c(=O)c12. The number of aromatic nitrogens is 2. The van der Waals surface area contributed by atoms with Crippen molar-refractivity contribution in [2.45, 2.75) is 6.92 Å². The molecule has 0 aromatic carbocycles. The number of likely N-dealkylation sites (tertiary alicyclic amines) is 1. The van der Waals surface area contributed by atoms with Gasteiger partial charge in [-0.15, -0.1) is 11.3 Å². The Morgan fingerprint density at radius 1 is 1.63 bits per heavy atom. The van der Waals surface area contributed by atoms with E-state index in [1.807, 2.05) is 0 Å². The Bertz CT molecular complexity index is 700. The van der Waals surface area contributed by atoms with Crippen molar-refractivity contribution >= 4 is 27.5 Å². The Morgan fingerprint density at radius 2 is 2.37 bits per heavy atom. The Labute approximate surface area is 112 Å². The third kappa shape index (κ3) is 1.85. The molecule has 1 aliphatic heterocycles. The van der Waals surface area contributed by atoms with Crippen LogP contribution in [0.4, 0.5) is 0 Å². The van der Waals surface area contributed by atoms with E-state index >= 15 is 0 Å². The Balaban J connectivity index is 1.98. The molecule has 0 spiro atoms. The summed E-state index contributed by atoms with van der Waals surface area (Å²) in [5.74, 6) is 0.102. The maximum atomic E-state index is 12.3. The molecule has 1 aliphatic rings. The van der Waals surface area contributed by atoms with Crippen LogP contribution >= 0.6 is 11.3 Å². The molecule has 2 N–H and O–H groups in total. The summed E-state index contributed by atoms with van der Waals surface area (Å²) >= 11 is 1.25. The number of carbonyl (C=O) groups excluding carboxylic acids is 1. The molecule has 6 nitrogen and oxygen atoms in total. The normalized spacial score (nSPS) is 15.8. The van der Waals surface area contributed by atoms with E-state index in [9.17, 15) is 9.59 Å².